The highest BCUT2D eigenvalue weighted by molar-refractivity contribution is 7.91. The second kappa shape index (κ2) is 7.28. The van der Waals surface area contributed by atoms with E-state index in [1.165, 1.54) is 25.0 Å². The minimum atomic E-state index is -3.45. The maximum Gasteiger partial charge on any atom is 0.181 e. The molecule has 2 atom stereocenters. The van der Waals surface area contributed by atoms with Gasteiger partial charge >= 0.3 is 0 Å². The first-order valence-corrected chi connectivity index (χ1v) is 10.4. The maximum atomic E-state index is 12.6. The summed E-state index contributed by atoms with van der Waals surface area (Å²) in [5.74, 6) is 0.0519. The molecule has 1 aliphatic heterocycles. The molecule has 0 radical (unpaired) electrons. The van der Waals surface area contributed by atoms with E-state index in [1.807, 2.05) is 0 Å². The summed E-state index contributed by atoms with van der Waals surface area (Å²) < 4.78 is 31.0. The molecule has 0 spiro atoms. The van der Waals surface area contributed by atoms with E-state index in [4.69, 9.17) is 27.9 Å². The molecule has 1 saturated carbocycles. The molecule has 4 nitrogen and oxygen atoms in total. The molecule has 0 amide bonds. The number of ether oxygens (including phenoxy) is 1. The molecule has 0 N–H and O–H groups in total. The number of morpholine rings is 1. The van der Waals surface area contributed by atoms with Crippen LogP contribution in [0.15, 0.2) is 23.1 Å². The van der Waals surface area contributed by atoms with Crippen molar-refractivity contribution < 1.29 is 13.2 Å². The molecule has 7 heteroatoms. The smallest absolute Gasteiger partial charge is 0.181 e. The van der Waals surface area contributed by atoms with Crippen LogP contribution in [0.25, 0.3) is 0 Å². The summed E-state index contributed by atoms with van der Waals surface area (Å²) >= 11 is 12.0. The molecule has 2 aliphatic rings. The van der Waals surface area contributed by atoms with Crippen LogP contribution < -0.4 is 0 Å². The molecule has 0 unspecified atom stereocenters. The van der Waals surface area contributed by atoms with Crippen molar-refractivity contribution in [2.75, 3.05) is 25.4 Å². The molecule has 1 heterocycles. The van der Waals surface area contributed by atoms with E-state index in [1.54, 1.807) is 6.07 Å². The summed E-state index contributed by atoms with van der Waals surface area (Å²) in [6.07, 6.45) is 4.81. The largest absolute Gasteiger partial charge is 0.375 e. The van der Waals surface area contributed by atoms with E-state index in [-0.39, 0.29) is 21.8 Å². The average molecular weight is 378 g/mol. The minimum Gasteiger partial charge on any atom is -0.375 e. The highest BCUT2D eigenvalue weighted by Crippen LogP contribution is 2.29. The van der Waals surface area contributed by atoms with E-state index < -0.39 is 9.84 Å². The number of hydrogen-bond acceptors (Lipinski definition) is 4. The Hall–Kier alpha value is -0.330. The molecule has 1 aliphatic carbocycles. The SMILES string of the molecule is O=S(=O)(CCN1CCO[C@H]2CCCC[C@@H]21)c1cc(Cl)ccc1Cl. The fourth-order valence-electron chi connectivity index (χ4n) is 3.52. The van der Waals surface area contributed by atoms with E-state index in [0.717, 1.165) is 19.4 Å². The lowest BCUT2D eigenvalue weighted by Gasteiger charge is -2.43. The van der Waals surface area contributed by atoms with Gasteiger partial charge in [-0.05, 0) is 31.0 Å². The first-order chi connectivity index (χ1) is 11.0. The number of benzene rings is 1. The molecule has 3 rings (SSSR count). The molecular formula is C16H21Cl2NO3S. The lowest BCUT2D eigenvalue weighted by molar-refractivity contribution is -0.0859. The highest BCUT2D eigenvalue weighted by Gasteiger charge is 2.34. The van der Waals surface area contributed by atoms with Crippen molar-refractivity contribution in [2.45, 2.75) is 42.7 Å². The molecule has 128 valence electrons. The van der Waals surface area contributed by atoms with E-state index in [9.17, 15) is 8.42 Å². The zero-order valence-corrected chi connectivity index (χ0v) is 15.2. The first-order valence-electron chi connectivity index (χ1n) is 8.01. The Morgan fingerprint density at radius 2 is 2.00 bits per heavy atom. The second-order valence-corrected chi connectivity index (χ2v) is 9.11. The third kappa shape index (κ3) is 4.02. The standard InChI is InChI=1S/C16H21Cl2NO3S/c17-12-5-6-13(18)16(11-12)23(20,21)10-8-19-7-9-22-15-4-2-1-3-14(15)19/h5-6,11,14-15H,1-4,7-10H2/t14-,15-/m0/s1. The second-order valence-electron chi connectivity index (χ2n) is 6.19. The van der Waals surface area contributed by atoms with Gasteiger partial charge in [0.15, 0.2) is 9.84 Å². The van der Waals surface area contributed by atoms with Crippen LogP contribution in [0.4, 0.5) is 0 Å². The lowest BCUT2D eigenvalue weighted by Crippen LogP contribution is -2.53. The summed E-state index contributed by atoms with van der Waals surface area (Å²) in [5.41, 5.74) is 0. The van der Waals surface area contributed by atoms with Gasteiger partial charge in [0.2, 0.25) is 0 Å². The van der Waals surface area contributed by atoms with Crippen LogP contribution >= 0.6 is 23.2 Å². The quantitative estimate of drug-likeness (QED) is 0.806. The van der Waals surface area contributed by atoms with Crippen molar-refractivity contribution in [1.82, 2.24) is 4.90 Å². The Balaban J connectivity index is 1.70. The van der Waals surface area contributed by atoms with Crippen LogP contribution in [0.1, 0.15) is 25.7 Å². The van der Waals surface area contributed by atoms with Gasteiger partial charge in [0.25, 0.3) is 0 Å². The lowest BCUT2D eigenvalue weighted by atomic mass is 9.90. The number of hydrogen-bond donors (Lipinski definition) is 0. The molecule has 2 fully saturated rings. The molecule has 1 aromatic carbocycles. The van der Waals surface area contributed by atoms with Gasteiger partial charge in [-0.15, -0.1) is 0 Å². The van der Waals surface area contributed by atoms with E-state index in [0.29, 0.717) is 24.2 Å². The van der Waals surface area contributed by atoms with Crippen LogP contribution in [0.3, 0.4) is 0 Å². The van der Waals surface area contributed by atoms with Crippen LogP contribution in [-0.2, 0) is 14.6 Å². The van der Waals surface area contributed by atoms with Crippen molar-refractivity contribution in [3.63, 3.8) is 0 Å². The van der Waals surface area contributed by atoms with Crippen LogP contribution in [0, 0.1) is 0 Å². The monoisotopic (exact) mass is 377 g/mol. The third-order valence-corrected chi connectivity index (χ3v) is 7.13. The Bertz CT molecular complexity index is 663. The topological polar surface area (TPSA) is 46.6 Å². The fourth-order valence-corrected chi connectivity index (χ4v) is 5.59. The zero-order chi connectivity index (χ0) is 16.4. The van der Waals surface area contributed by atoms with Crippen molar-refractivity contribution in [2.24, 2.45) is 0 Å². The number of halogens is 2. The van der Waals surface area contributed by atoms with Gasteiger partial charge in [-0.1, -0.05) is 36.0 Å². The van der Waals surface area contributed by atoms with Crippen LogP contribution in [0.5, 0.6) is 0 Å². The molecule has 0 aromatic heterocycles. The molecule has 0 bridgehead atoms. The van der Waals surface area contributed by atoms with E-state index >= 15 is 0 Å². The molecule has 1 saturated heterocycles. The highest BCUT2D eigenvalue weighted by atomic mass is 35.5. The molecular weight excluding hydrogens is 357 g/mol. The Morgan fingerprint density at radius 3 is 2.83 bits per heavy atom. The minimum absolute atomic E-state index is 0.0519. The summed E-state index contributed by atoms with van der Waals surface area (Å²) in [7, 11) is -3.45. The predicted molar refractivity (Wildman–Crippen MR) is 92.1 cm³/mol. The molecule has 1 aromatic rings. The van der Waals surface area contributed by atoms with Crippen molar-refractivity contribution in [1.29, 1.82) is 0 Å². The summed E-state index contributed by atoms with van der Waals surface area (Å²) in [5, 5.41) is 0.610. The van der Waals surface area contributed by atoms with Gasteiger partial charge in [0, 0.05) is 24.2 Å². The third-order valence-electron chi connectivity index (χ3n) is 4.72. The van der Waals surface area contributed by atoms with Crippen LogP contribution in [0.2, 0.25) is 10.0 Å². The Kier molecular flexibility index (Phi) is 5.53. The van der Waals surface area contributed by atoms with Crippen LogP contribution in [-0.4, -0.2) is 50.9 Å². The predicted octanol–water partition coefficient (Wildman–Crippen LogP) is 3.41. The number of nitrogens with zero attached hydrogens (tertiary/aromatic N) is 1. The van der Waals surface area contributed by atoms with Crippen molar-refractivity contribution >= 4 is 33.0 Å². The number of rotatable bonds is 4. The summed E-state index contributed by atoms with van der Waals surface area (Å²) in [4.78, 5) is 2.39. The maximum absolute atomic E-state index is 12.6. The van der Waals surface area contributed by atoms with Gasteiger partial charge in [-0.3, -0.25) is 4.90 Å². The average Bonchev–Trinajstić information content (AvgIpc) is 2.55. The number of sulfone groups is 1. The first kappa shape index (κ1) is 17.5. The van der Waals surface area contributed by atoms with E-state index in [2.05, 4.69) is 4.90 Å². The molecule has 23 heavy (non-hydrogen) atoms. The van der Waals surface area contributed by atoms with Gasteiger partial charge in [-0.2, -0.15) is 0 Å². The normalized spacial score (nSPS) is 26.0. The van der Waals surface area contributed by atoms with Gasteiger partial charge in [-0.25, -0.2) is 8.42 Å². The summed E-state index contributed by atoms with van der Waals surface area (Å²) in [6, 6.07) is 4.91. The van der Waals surface area contributed by atoms with Crippen molar-refractivity contribution in [3.8, 4) is 0 Å². The Morgan fingerprint density at radius 1 is 1.22 bits per heavy atom. The van der Waals surface area contributed by atoms with Gasteiger partial charge < -0.3 is 4.74 Å². The Labute approximate surface area is 147 Å². The zero-order valence-electron chi connectivity index (χ0n) is 12.9. The van der Waals surface area contributed by atoms with Gasteiger partial charge in [0.1, 0.15) is 0 Å². The number of fused-ring (bicyclic) bond motifs is 1. The van der Waals surface area contributed by atoms with Gasteiger partial charge in [0.05, 0.1) is 28.4 Å². The summed E-state index contributed by atoms with van der Waals surface area (Å²) in [6.45, 7) is 1.98. The van der Waals surface area contributed by atoms with Crippen molar-refractivity contribution in [3.05, 3.63) is 28.2 Å². The fraction of sp³-hybridized carbons (Fsp3) is 0.625.